The molecule has 58 valence electrons. The highest BCUT2D eigenvalue weighted by Crippen LogP contribution is 2.33. The molecule has 0 heterocycles. The smallest absolute Gasteiger partial charge is 0.176 e. The van der Waals surface area contributed by atoms with Gasteiger partial charge in [-0.15, -0.1) is 0 Å². The summed E-state index contributed by atoms with van der Waals surface area (Å²) in [4.78, 5) is 10.2. The summed E-state index contributed by atoms with van der Waals surface area (Å²) in [5.74, 6) is -0.795. The molecule has 0 bridgehead atoms. The van der Waals surface area contributed by atoms with Crippen molar-refractivity contribution < 1.29 is 15.0 Å². The van der Waals surface area contributed by atoms with E-state index >= 15 is 0 Å². The minimum Gasteiger partial charge on any atom is -0.504 e. The molecule has 0 atom stereocenters. The Labute approximate surface area is 67.8 Å². The zero-order valence-corrected chi connectivity index (χ0v) is 6.17. The van der Waals surface area contributed by atoms with E-state index in [9.17, 15) is 4.79 Å². The van der Waals surface area contributed by atoms with Crippen LogP contribution in [0.2, 0.25) is 5.02 Å². The van der Waals surface area contributed by atoms with Crippen LogP contribution in [0.25, 0.3) is 0 Å². The van der Waals surface area contributed by atoms with Gasteiger partial charge in [-0.3, -0.25) is 4.79 Å². The van der Waals surface area contributed by atoms with Gasteiger partial charge in [-0.25, -0.2) is 0 Å². The van der Waals surface area contributed by atoms with E-state index < -0.39 is 5.75 Å². The molecule has 0 aliphatic rings. The highest BCUT2D eigenvalue weighted by Gasteiger charge is 2.05. The SMILES string of the molecule is O=Cc1cc(O)c(O)c(Cl)c1. The summed E-state index contributed by atoms with van der Waals surface area (Å²) in [6.07, 6.45) is 0.533. The van der Waals surface area contributed by atoms with Gasteiger partial charge >= 0.3 is 0 Å². The van der Waals surface area contributed by atoms with Crippen molar-refractivity contribution in [2.75, 3.05) is 0 Å². The molecule has 0 saturated heterocycles. The molecule has 4 heteroatoms. The monoisotopic (exact) mass is 172 g/mol. The summed E-state index contributed by atoms with van der Waals surface area (Å²) < 4.78 is 0. The Morgan fingerprint density at radius 3 is 2.45 bits per heavy atom. The van der Waals surface area contributed by atoms with Gasteiger partial charge in [-0.2, -0.15) is 0 Å². The number of halogens is 1. The van der Waals surface area contributed by atoms with Gasteiger partial charge in [0.25, 0.3) is 0 Å². The number of phenolic OH excluding ortho intramolecular Hbond substituents is 2. The van der Waals surface area contributed by atoms with Gasteiger partial charge in [0, 0.05) is 5.56 Å². The Bertz CT molecular complexity index is 273. The van der Waals surface area contributed by atoms with Gasteiger partial charge in [-0.05, 0) is 12.1 Å². The molecule has 0 aromatic heterocycles. The van der Waals surface area contributed by atoms with E-state index in [1.165, 1.54) is 6.07 Å². The fourth-order valence-corrected chi connectivity index (χ4v) is 0.896. The van der Waals surface area contributed by atoms with Crippen LogP contribution in [0.1, 0.15) is 10.4 Å². The number of rotatable bonds is 1. The first kappa shape index (κ1) is 7.88. The van der Waals surface area contributed by atoms with Gasteiger partial charge in [0.2, 0.25) is 0 Å². The van der Waals surface area contributed by atoms with Crippen LogP contribution in [0.5, 0.6) is 11.5 Å². The van der Waals surface area contributed by atoms with E-state index in [2.05, 4.69) is 0 Å². The summed E-state index contributed by atoms with van der Waals surface area (Å²) in [7, 11) is 0. The van der Waals surface area contributed by atoms with Gasteiger partial charge in [0.1, 0.15) is 6.29 Å². The summed E-state index contributed by atoms with van der Waals surface area (Å²) in [6.45, 7) is 0. The lowest BCUT2D eigenvalue weighted by Gasteiger charge is -1.99. The van der Waals surface area contributed by atoms with Crippen LogP contribution in [0, 0.1) is 0 Å². The van der Waals surface area contributed by atoms with Crippen molar-refractivity contribution in [3.8, 4) is 11.5 Å². The molecule has 1 aromatic rings. The third-order valence-corrected chi connectivity index (χ3v) is 1.49. The first-order chi connectivity index (χ1) is 5.15. The molecule has 0 aliphatic heterocycles. The van der Waals surface area contributed by atoms with Crippen LogP contribution in [0.15, 0.2) is 12.1 Å². The first-order valence-corrected chi connectivity index (χ1v) is 3.19. The number of carbonyl (C=O) groups is 1. The summed E-state index contributed by atoms with van der Waals surface area (Å²) in [5, 5.41) is 17.8. The molecule has 0 radical (unpaired) electrons. The summed E-state index contributed by atoms with van der Waals surface area (Å²) in [6, 6.07) is 2.40. The molecule has 11 heavy (non-hydrogen) atoms. The molecule has 0 fully saturated rings. The van der Waals surface area contributed by atoms with Gasteiger partial charge < -0.3 is 10.2 Å². The predicted molar refractivity (Wildman–Crippen MR) is 40.2 cm³/mol. The summed E-state index contributed by atoms with van der Waals surface area (Å²) >= 11 is 5.43. The van der Waals surface area contributed by atoms with Gasteiger partial charge in [-0.1, -0.05) is 11.6 Å². The Hall–Kier alpha value is -1.22. The second-order valence-electron chi connectivity index (χ2n) is 1.99. The maximum atomic E-state index is 10.2. The second kappa shape index (κ2) is 2.80. The Morgan fingerprint density at radius 1 is 1.36 bits per heavy atom. The number of benzene rings is 1. The van der Waals surface area contributed by atoms with Crippen LogP contribution in [-0.4, -0.2) is 16.5 Å². The van der Waals surface area contributed by atoms with E-state index in [-0.39, 0.29) is 16.3 Å². The lowest BCUT2D eigenvalue weighted by molar-refractivity contribution is 0.112. The van der Waals surface area contributed by atoms with Crippen LogP contribution in [0.3, 0.4) is 0 Å². The van der Waals surface area contributed by atoms with E-state index in [4.69, 9.17) is 21.8 Å². The fourth-order valence-electron chi connectivity index (χ4n) is 0.673. The molecule has 0 aliphatic carbocycles. The number of hydrogen-bond acceptors (Lipinski definition) is 3. The van der Waals surface area contributed by atoms with Crippen LogP contribution in [-0.2, 0) is 0 Å². The topological polar surface area (TPSA) is 57.5 Å². The zero-order chi connectivity index (χ0) is 8.43. The Morgan fingerprint density at radius 2 is 2.00 bits per heavy atom. The van der Waals surface area contributed by atoms with Crippen molar-refractivity contribution in [3.05, 3.63) is 22.7 Å². The molecule has 2 N–H and O–H groups in total. The normalized spacial score (nSPS) is 9.55. The molecule has 0 amide bonds. The number of carbonyl (C=O) groups excluding carboxylic acids is 1. The molecule has 0 unspecified atom stereocenters. The van der Waals surface area contributed by atoms with E-state index in [1.807, 2.05) is 0 Å². The van der Waals surface area contributed by atoms with Crippen molar-refractivity contribution in [2.45, 2.75) is 0 Å². The Balaban J connectivity index is 3.31. The maximum Gasteiger partial charge on any atom is 0.176 e. The quantitative estimate of drug-likeness (QED) is 0.499. The van der Waals surface area contributed by atoms with E-state index in [1.54, 1.807) is 0 Å². The van der Waals surface area contributed by atoms with Crippen molar-refractivity contribution in [1.29, 1.82) is 0 Å². The third-order valence-electron chi connectivity index (χ3n) is 1.20. The van der Waals surface area contributed by atoms with Crippen molar-refractivity contribution in [1.82, 2.24) is 0 Å². The highest BCUT2D eigenvalue weighted by molar-refractivity contribution is 6.32. The van der Waals surface area contributed by atoms with Gasteiger partial charge in [0.15, 0.2) is 11.5 Å². The Kier molecular flexibility index (Phi) is 2.01. The summed E-state index contributed by atoms with van der Waals surface area (Å²) in [5.41, 5.74) is 0.227. The van der Waals surface area contributed by atoms with E-state index in [0.29, 0.717) is 6.29 Å². The average Bonchev–Trinajstić information content (AvgIpc) is 1.99. The first-order valence-electron chi connectivity index (χ1n) is 2.82. The predicted octanol–water partition coefficient (Wildman–Crippen LogP) is 1.56. The molecule has 1 rings (SSSR count). The van der Waals surface area contributed by atoms with Gasteiger partial charge in [0.05, 0.1) is 5.02 Å². The standard InChI is InChI=1S/C7H5ClO3/c8-5-1-4(3-9)2-6(10)7(5)11/h1-3,10-11H. The largest absolute Gasteiger partial charge is 0.504 e. The second-order valence-corrected chi connectivity index (χ2v) is 2.40. The van der Waals surface area contributed by atoms with Crippen LogP contribution in [0.4, 0.5) is 0 Å². The number of hydrogen-bond donors (Lipinski definition) is 2. The third kappa shape index (κ3) is 1.43. The van der Waals surface area contributed by atoms with Crippen LogP contribution >= 0.6 is 11.6 Å². The van der Waals surface area contributed by atoms with Crippen molar-refractivity contribution in [2.24, 2.45) is 0 Å². The number of aldehydes is 1. The average molecular weight is 173 g/mol. The van der Waals surface area contributed by atoms with E-state index in [0.717, 1.165) is 6.07 Å². The molecular formula is C7H5ClO3. The minimum atomic E-state index is -0.405. The lowest BCUT2D eigenvalue weighted by Crippen LogP contribution is -1.79. The molecule has 0 saturated carbocycles. The minimum absolute atomic E-state index is 0.0351. The van der Waals surface area contributed by atoms with Crippen molar-refractivity contribution in [3.63, 3.8) is 0 Å². The lowest BCUT2D eigenvalue weighted by atomic mass is 10.2. The van der Waals surface area contributed by atoms with Crippen LogP contribution < -0.4 is 0 Å². The molecule has 0 spiro atoms. The number of phenols is 2. The molecule has 3 nitrogen and oxygen atoms in total. The fraction of sp³-hybridized carbons (Fsp3) is 0. The maximum absolute atomic E-state index is 10.2. The highest BCUT2D eigenvalue weighted by atomic mass is 35.5. The molecular weight excluding hydrogens is 168 g/mol. The zero-order valence-electron chi connectivity index (χ0n) is 5.41. The number of aromatic hydroxyl groups is 2. The van der Waals surface area contributed by atoms with Crippen molar-refractivity contribution >= 4 is 17.9 Å². The molecule has 1 aromatic carbocycles.